The Balaban J connectivity index is 1.65. The van der Waals surface area contributed by atoms with Gasteiger partial charge in [-0.15, -0.1) is 0 Å². The second-order valence-corrected chi connectivity index (χ2v) is 12.2. The predicted octanol–water partition coefficient (Wildman–Crippen LogP) is 4.35. The second kappa shape index (κ2) is 12.0. The molecular weight excluding hydrogens is 553 g/mol. The Kier molecular flexibility index (Phi) is 8.95. The van der Waals surface area contributed by atoms with Gasteiger partial charge in [-0.2, -0.15) is 0 Å². The lowest BCUT2D eigenvalue weighted by Gasteiger charge is -2.33. The van der Waals surface area contributed by atoms with Gasteiger partial charge in [-0.1, -0.05) is 49.0 Å². The molecule has 0 bridgehead atoms. The molecule has 0 spiro atoms. The lowest BCUT2D eigenvalue weighted by atomic mass is 10.1. The number of halogens is 2. The van der Waals surface area contributed by atoms with Gasteiger partial charge in [-0.25, -0.2) is 8.42 Å². The van der Waals surface area contributed by atoms with Gasteiger partial charge in [-0.05, 0) is 49.1 Å². The van der Waals surface area contributed by atoms with E-state index in [0.29, 0.717) is 33.5 Å². The lowest BCUT2D eigenvalue weighted by molar-refractivity contribution is -0.140. The Morgan fingerprint density at radius 2 is 1.79 bits per heavy atom. The number of hydrogen-bond acceptors (Lipinski definition) is 6. The normalized spacial score (nSPS) is 15.8. The molecule has 0 radical (unpaired) electrons. The maximum absolute atomic E-state index is 13.8. The molecule has 9 nitrogen and oxygen atoms in total. The van der Waals surface area contributed by atoms with E-state index < -0.39 is 28.5 Å². The maximum Gasteiger partial charge on any atom is 0.244 e. The van der Waals surface area contributed by atoms with Crippen LogP contribution in [0, 0.1) is 0 Å². The topological polar surface area (TPSA) is 105 Å². The highest BCUT2D eigenvalue weighted by atomic mass is 35.5. The van der Waals surface area contributed by atoms with Crippen molar-refractivity contribution < 1.29 is 27.5 Å². The Labute approximate surface area is 233 Å². The molecule has 0 unspecified atom stereocenters. The van der Waals surface area contributed by atoms with Gasteiger partial charge < -0.3 is 19.7 Å². The number of benzene rings is 2. The standard InChI is InChI=1S/C26H31Cl2N3O6S/c1-3-22(26(33)29-19-6-4-5-7-19)30(14-17-8-9-18(27)12-21(17)28)25(32)15-31(38(2,34)35)20-10-11-23-24(13-20)37-16-36-23/h8-13,19,22H,3-7,14-16H2,1-2H3,(H,29,33)/t22-/m0/s1. The number of ether oxygens (including phenoxy) is 2. The molecule has 2 aromatic carbocycles. The Morgan fingerprint density at radius 1 is 1.08 bits per heavy atom. The van der Waals surface area contributed by atoms with Crippen LogP contribution in [-0.2, 0) is 26.2 Å². The van der Waals surface area contributed by atoms with Gasteiger partial charge >= 0.3 is 0 Å². The van der Waals surface area contributed by atoms with E-state index in [1.807, 2.05) is 6.92 Å². The smallest absolute Gasteiger partial charge is 0.244 e. The quantitative estimate of drug-likeness (QED) is 0.445. The van der Waals surface area contributed by atoms with Crippen molar-refractivity contribution in [2.45, 2.75) is 57.7 Å². The van der Waals surface area contributed by atoms with E-state index in [2.05, 4.69) is 5.32 Å². The van der Waals surface area contributed by atoms with Gasteiger partial charge in [-0.3, -0.25) is 13.9 Å². The van der Waals surface area contributed by atoms with Crippen LogP contribution in [0.15, 0.2) is 36.4 Å². The number of fused-ring (bicyclic) bond motifs is 1. The number of hydrogen-bond donors (Lipinski definition) is 1. The van der Waals surface area contributed by atoms with Crippen molar-refractivity contribution in [2.75, 3.05) is 23.9 Å². The number of amides is 2. The second-order valence-electron chi connectivity index (χ2n) is 9.48. The van der Waals surface area contributed by atoms with Gasteiger partial charge in [0.1, 0.15) is 12.6 Å². The number of nitrogens with one attached hydrogen (secondary N) is 1. The van der Waals surface area contributed by atoms with E-state index in [-0.39, 0.29) is 31.0 Å². The summed E-state index contributed by atoms with van der Waals surface area (Å²) in [6, 6.07) is 8.81. The summed E-state index contributed by atoms with van der Waals surface area (Å²) in [4.78, 5) is 28.6. The van der Waals surface area contributed by atoms with Crippen molar-refractivity contribution in [3.63, 3.8) is 0 Å². The first kappa shape index (κ1) is 28.3. The predicted molar refractivity (Wildman–Crippen MR) is 146 cm³/mol. The van der Waals surface area contributed by atoms with E-state index in [1.54, 1.807) is 30.3 Å². The highest BCUT2D eigenvalue weighted by Crippen LogP contribution is 2.36. The molecule has 12 heteroatoms. The number of carbonyl (C=O) groups is 2. The molecule has 4 rings (SSSR count). The fraction of sp³-hybridized carbons (Fsp3) is 0.462. The van der Waals surface area contributed by atoms with E-state index in [1.165, 1.54) is 11.0 Å². The summed E-state index contributed by atoms with van der Waals surface area (Å²) in [6.07, 6.45) is 5.23. The molecule has 2 aromatic rings. The summed E-state index contributed by atoms with van der Waals surface area (Å²) in [6.45, 7) is 1.33. The monoisotopic (exact) mass is 583 g/mol. The average Bonchev–Trinajstić information content (AvgIpc) is 3.54. The molecule has 0 saturated heterocycles. The first-order valence-electron chi connectivity index (χ1n) is 12.5. The Bertz CT molecular complexity index is 1300. The third-order valence-electron chi connectivity index (χ3n) is 6.77. The molecule has 1 saturated carbocycles. The number of rotatable bonds is 10. The molecule has 1 aliphatic heterocycles. The number of carbonyl (C=O) groups excluding carboxylic acids is 2. The Hall–Kier alpha value is -2.69. The zero-order valence-electron chi connectivity index (χ0n) is 21.3. The summed E-state index contributed by atoms with van der Waals surface area (Å²) in [7, 11) is -3.88. The first-order valence-corrected chi connectivity index (χ1v) is 15.1. The molecule has 1 atom stereocenters. The van der Waals surface area contributed by atoms with E-state index in [9.17, 15) is 18.0 Å². The molecular formula is C26H31Cl2N3O6S. The third kappa shape index (κ3) is 6.65. The van der Waals surface area contributed by atoms with Crippen LogP contribution in [0.3, 0.4) is 0 Å². The van der Waals surface area contributed by atoms with Gasteiger partial charge in [0.05, 0.1) is 11.9 Å². The largest absolute Gasteiger partial charge is 0.454 e. The number of sulfonamides is 1. The van der Waals surface area contributed by atoms with Gasteiger partial charge in [0.15, 0.2) is 11.5 Å². The lowest BCUT2D eigenvalue weighted by Crippen LogP contribution is -2.53. The van der Waals surface area contributed by atoms with Crippen LogP contribution in [0.5, 0.6) is 11.5 Å². The molecule has 1 N–H and O–H groups in total. The third-order valence-corrected chi connectivity index (χ3v) is 8.49. The Morgan fingerprint density at radius 3 is 2.45 bits per heavy atom. The number of nitrogens with zero attached hydrogens (tertiary/aromatic N) is 2. The molecule has 206 valence electrons. The first-order chi connectivity index (χ1) is 18.1. The summed E-state index contributed by atoms with van der Waals surface area (Å²) in [5.74, 6) is 0.0530. The van der Waals surface area contributed by atoms with Crippen LogP contribution in [-0.4, -0.2) is 56.8 Å². The number of anilines is 1. The van der Waals surface area contributed by atoms with Crippen molar-refractivity contribution in [2.24, 2.45) is 0 Å². The summed E-state index contributed by atoms with van der Waals surface area (Å²) >= 11 is 12.5. The minimum Gasteiger partial charge on any atom is -0.454 e. The van der Waals surface area contributed by atoms with Crippen molar-refractivity contribution in [3.05, 3.63) is 52.0 Å². The van der Waals surface area contributed by atoms with Gasteiger partial charge in [0.2, 0.25) is 28.6 Å². The van der Waals surface area contributed by atoms with E-state index in [0.717, 1.165) is 36.2 Å². The minimum atomic E-state index is -3.88. The zero-order valence-corrected chi connectivity index (χ0v) is 23.6. The molecule has 1 heterocycles. The van der Waals surface area contributed by atoms with Crippen LogP contribution in [0.4, 0.5) is 5.69 Å². The van der Waals surface area contributed by atoms with Crippen molar-refractivity contribution in [1.82, 2.24) is 10.2 Å². The van der Waals surface area contributed by atoms with Crippen LogP contribution < -0.4 is 19.1 Å². The molecule has 0 aromatic heterocycles. The molecule has 1 aliphatic carbocycles. The minimum absolute atomic E-state index is 0.00414. The van der Waals surface area contributed by atoms with E-state index >= 15 is 0 Å². The summed E-state index contributed by atoms with van der Waals surface area (Å²) in [5.41, 5.74) is 0.837. The van der Waals surface area contributed by atoms with Gasteiger partial charge in [0, 0.05) is 28.7 Å². The fourth-order valence-electron chi connectivity index (χ4n) is 4.77. The van der Waals surface area contributed by atoms with Crippen molar-refractivity contribution in [3.8, 4) is 11.5 Å². The zero-order chi connectivity index (χ0) is 27.4. The van der Waals surface area contributed by atoms with E-state index in [4.69, 9.17) is 32.7 Å². The van der Waals surface area contributed by atoms with Crippen LogP contribution in [0.25, 0.3) is 0 Å². The van der Waals surface area contributed by atoms with Crippen molar-refractivity contribution in [1.29, 1.82) is 0 Å². The SMILES string of the molecule is CC[C@@H](C(=O)NC1CCCC1)N(Cc1ccc(Cl)cc1Cl)C(=O)CN(c1ccc2c(c1)OCO2)S(C)(=O)=O. The average molecular weight is 585 g/mol. The molecule has 1 fully saturated rings. The van der Waals surface area contributed by atoms with Crippen LogP contribution in [0.2, 0.25) is 10.0 Å². The highest BCUT2D eigenvalue weighted by Gasteiger charge is 2.33. The molecule has 2 aliphatic rings. The molecule has 38 heavy (non-hydrogen) atoms. The van der Waals surface area contributed by atoms with Crippen LogP contribution >= 0.6 is 23.2 Å². The van der Waals surface area contributed by atoms with Crippen molar-refractivity contribution >= 4 is 50.7 Å². The summed E-state index contributed by atoms with van der Waals surface area (Å²) in [5, 5.41) is 3.85. The highest BCUT2D eigenvalue weighted by molar-refractivity contribution is 7.92. The van der Waals surface area contributed by atoms with Crippen LogP contribution in [0.1, 0.15) is 44.6 Å². The maximum atomic E-state index is 13.8. The summed E-state index contributed by atoms with van der Waals surface area (Å²) < 4.78 is 37.3. The fourth-order valence-corrected chi connectivity index (χ4v) is 6.08. The van der Waals surface area contributed by atoms with Gasteiger partial charge in [0.25, 0.3) is 0 Å². The molecule has 2 amide bonds.